The third-order valence-electron chi connectivity index (χ3n) is 2.62. The summed E-state index contributed by atoms with van der Waals surface area (Å²) in [5.74, 6) is 5.66. The van der Waals surface area contributed by atoms with Gasteiger partial charge in [0.2, 0.25) is 0 Å². The van der Waals surface area contributed by atoms with E-state index in [1.54, 1.807) is 12.3 Å². The van der Waals surface area contributed by atoms with E-state index in [2.05, 4.69) is 10.4 Å². The minimum absolute atomic E-state index is 0.0757. The topological polar surface area (TPSA) is 103 Å². The Hall–Kier alpha value is -2.67. The Morgan fingerprint density at radius 3 is 2.85 bits per heavy atom. The minimum Gasteiger partial charge on any atom is -0.493 e. The molecule has 0 saturated carbocycles. The molecule has 7 heteroatoms. The number of ether oxygens (including phenoxy) is 1. The van der Waals surface area contributed by atoms with E-state index in [-0.39, 0.29) is 5.69 Å². The van der Waals surface area contributed by atoms with Gasteiger partial charge in [0.15, 0.2) is 0 Å². The van der Waals surface area contributed by atoms with Crippen molar-refractivity contribution >= 4 is 11.4 Å². The van der Waals surface area contributed by atoms with Gasteiger partial charge in [-0.2, -0.15) is 0 Å². The minimum atomic E-state index is -0.494. The molecule has 0 saturated heterocycles. The van der Waals surface area contributed by atoms with Crippen LogP contribution in [0.3, 0.4) is 0 Å². The van der Waals surface area contributed by atoms with Gasteiger partial charge in [0.1, 0.15) is 5.75 Å². The SMILES string of the molecule is NNc1cc(OCCc2ccccn2)cc([N+](=O)[O-])c1. The summed E-state index contributed by atoms with van der Waals surface area (Å²) in [7, 11) is 0. The molecule has 0 unspecified atom stereocenters. The first-order chi connectivity index (χ1) is 9.69. The average Bonchev–Trinajstić information content (AvgIpc) is 2.48. The van der Waals surface area contributed by atoms with Gasteiger partial charge in [-0.05, 0) is 12.1 Å². The number of non-ortho nitro benzene ring substituents is 1. The number of nitrogens with zero attached hydrogens (tertiary/aromatic N) is 2. The van der Waals surface area contributed by atoms with Crippen LogP contribution in [0.1, 0.15) is 5.69 Å². The van der Waals surface area contributed by atoms with Crippen molar-refractivity contribution in [1.29, 1.82) is 0 Å². The van der Waals surface area contributed by atoms with Crippen molar-refractivity contribution in [2.75, 3.05) is 12.0 Å². The van der Waals surface area contributed by atoms with Gasteiger partial charge in [-0.15, -0.1) is 0 Å². The standard InChI is InChI=1S/C13H14N4O3/c14-16-11-7-12(17(18)19)9-13(8-11)20-6-4-10-3-1-2-5-15-10/h1-3,5,7-9,16H,4,6,14H2. The van der Waals surface area contributed by atoms with Crippen molar-refractivity contribution in [2.24, 2.45) is 5.84 Å². The summed E-state index contributed by atoms with van der Waals surface area (Å²) in [5.41, 5.74) is 3.62. The molecule has 0 aliphatic heterocycles. The van der Waals surface area contributed by atoms with E-state index in [0.717, 1.165) is 5.69 Å². The van der Waals surface area contributed by atoms with Gasteiger partial charge in [-0.3, -0.25) is 20.9 Å². The highest BCUT2D eigenvalue weighted by Gasteiger charge is 2.10. The molecule has 1 aromatic carbocycles. The molecule has 7 nitrogen and oxygen atoms in total. The van der Waals surface area contributed by atoms with Crippen LogP contribution in [0.25, 0.3) is 0 Å². The number of hydrogen-bond acceptors (Lipinski definition) is 6. The van der Waals surface area contributed by atoms with E-state index in [1.807, 2.05) is 18.2 Å². The highest BCUT2D eigenvalue weighted by atomic mass is 16.6. The molecule has 0 spiro atoms. The summed E-state index contributed by atoms with van der Waals surface area (Å²) in [4.78, 5) is 14.5. The zero-order chi connectivity index (χ0) is 14.4. The number of hydrogen-bond donors (Lipinski definition) is 2. The number of benzene rings is 1. The van der Waals surface area contributed by atoms with Gasteiger partial charge < -0.3 is 10.2 Å². The number of nitrogens with one attached hydrogen (secondary N) is 1. The van der Waals surface area contributed by atoms with Crippen LogP contribution in [0.4, 0.5) is 11.4 Å². The van der Waals surface area contributed by atoms with Crippen LogP contribution in [0.15, 0.2) is 42.6 Å². The van der Waals surface area contributed by atoms with Crippen LogP contribution in [0, 0.1) is 10.1 Å². The molecule has 0 fully saturated rings. The predicted octanol–water partition coefficient (Wildman–Crippen LogP) is 1.90. The quantitative estimate of drug-likeness (QED) is 0.473. The Morgan fingerprint density at radius 1 is 1.35 bits per heavy atom. The van der Waals surface area contributed by atoms with Gasteiger partial charge in [0.05, 0.1) is 23.3 Å². The lowest BCUT2D eigenvalue weighted by atomic mass is 10.2. The van der Waals surface area contributed by atoms with Crippen molar-refractivity contribution < 1.29 is 9.66 Å². The van der Waals surface area contributed by atoms with Crippen molar-refractivity contribution in [3.63, 3.8) is 0 Å². The molecular formula is C13H14N4O3. The Labute approximate surface area is 115 Å². The monoisotopic (exact) mass is 274 g/mol. The molecule has 0 atom stereocenters. The zero-order valence-corrected chi connectivity index (χ0v) is 10.7. The fourth-order valence-corrected chi connectivity index (χ4v) is 1.67. The number of rotatable bonds is 6. The molecule has 104 valence electrons. The van der Waals surface area contributed by atoms with Gasteiger partial charge in [-0.1, -0.05) is 6.07 Å². The summed E-state index contributed by atoms with van der Waals surface area (Å²) in [6.45, 7) is 0.377. The largest absolute Gasteiger partial charge is 0.493 e. The Balaban J connectivity index is 2.02. The van der Waals surface area contributed by atoms with Gasteiger partial charge in [0.25, 0.3) is 5.69 Å². The predicted molar refractivity (Wildman–Crippen MR) is 74.3 cm³/mol. The third kappa shape index (κ3) is 3.66. The molecule has 2 rings (SSSR count). The number of nitrogens with two attached hydrogens (primary N) is 1. The Kier molecular flexibility index (Phi) is 4.46. The van der Waals surface area contributed by atoms with E-state index in [9.17, 15) is 10.1 Å². The Bertz CT molecular complexity index is 589. The molecule has 1 aromatic heterocycles. The van der Waals surface area contributed by atoms with Crippen LogP contribution in [0.2, 0.25) is 0 Å². The summed E-state index contributed by atoms with van der Waals surface area (Å²) in [6, 6.07) is 9.93. The second-order valence-electron chi connectivity index (χ2n) is 4.04. The lowest BCUT2D eigenvalue weighted by molar-refractivity contribution is -0.384. The maximum absolute atomic E-state index is 10.8. The van der Waals surface area contributed by atoms with E-state index in [1.165, 1.54) is 12.1 Å². The number of nitro groups is 1. The molecule has 0 aliphatic rings. The lowest BCUT2D eigenvalue weighted by Crippen LogP contribution is -2.08. The van der Waals surface area contributed by atoms with Crippen LogP contribution >= 0.6 is 0 Å². The van der Waals surface area contributed by atoms with Crippen LogP contribution in [-0.2, 0) is 6.42 Å². The van der Waals surface area contributed by atoms with Crippen molar-refractivity contribution in [3.8, 4) is 5.75 Å². The first kappa shape index (κ1) is 13.8. The Morgan fingerprint density at radius 2 is 2.20 bits per heavy atom. The number of anilines is 1. The number of hydrazine groups is 1. The highest BCUT2D eigenvalue weighted by molar-refractivity contribution is 5.55. The molecule has 0 amide bonds. The first-order valence-corrected chi connectivity index (χ1v) is 5.98. The molecular weight excluding hydrogens is 260 g/mol. The van der Waals surface area contributed by atoms with Gasteiger partial charge >= 0.3 is 0 Å². The fourth-order valence-electron chi connectivity index (χ4n) is 1.67. The lowest BCUT2D eigenvalue weighted by Gasteiger charge is -2.08. The third-order valence-corrected chi connectivity index (χ3v) is 2.62. The van der Waals surface area contributed by atoms with E-state index in [4.69, 9.17) is 10.6 Å². The zero-order valence-electron chi connectivity index (χ0n) is 10.7. The summed E-state index contributed by atoms with van der Waals surface area (Å²) >= 11 is 0. The number of nitrogen functional groups attached to an aromatic ring is 1. The molecule has 20 heavy (non-hydrogen) atoms. The molecule has 0 bridgehead atoms. The van der Waals surface area contributed by atoms with Crippen molar-refractivity contribution in [3.05, 3.63) is 58.4 Å². The average molecular weight is 274 g/mol. The number of aromatic nitrogens is 1. The summed E-state index contributed by atoms with van der Waals surface area (Å²) < 4.78 is 5.50. The maximum Gasteiger partial charge on any atom is 0.275 e. The molecule has 3 N–H and O–H groups in total. The van der Waals surface area contributed by atoms with E-state index >= 15 is 0 Å². The second-order valence-corrected chi connectivity index (χ2v) is 4.04. The summed E-state index contributed by atoms with van der Waals surface area (Å²) in [6.07, 6.45) is 2.33. The van der Waals surface area contributed by atoms with Crippen LogP contribution in [0.5, 0.6) is 5.75 Å². The van der Waals surface area contributed by atoms with Gasteiger partial charge in [0, 0.05) is 30.4 Å². The van der Waals surface area contributed by atoms with Gasteiger partial charge in [-0.25, -0.2) is 0 Å². The smallest absolute Gasteiger partial charge is 0.275 e. The molecule has 1 heterocycles. The summed E-state index contributed by atoms with van der Waals surface area (Å²) in [5, 5.41) is 10.8. The molecule has 0 radical (unpaired) electrons. The second kappa shape index (κ2) is 6.48. The van der Waals surface area contributed by atoms with E-state index in [0.29, 0.717) is 24.5 Å². The van der Waals surface area contributed by atoms with E-state index < -0.39 is 4.92 Å². The molecule has 0 aliphatic carbocycles. The first-order valence-electron chi connectivity index (χ1n) is 5.98. The maximum atomic E-state index is 10.8. The van der Waals surface area contributed by atoms with Crippen molar-refractivity contribution in [1.82, 2.24) is 4.98 Å². The highest BCUT2D eigenvalue weighted by Crippen LogP contribution is 2.25. The fraction of sp³-hybridized carbons (Fsp3) is 0.154. The molecule has 2 aromatic rings. The normalized spacial score (nSPS) is 10.1. The number of nitro benzene ring substituents is 1. The van der Waals surface area contributed by atoms with Crippen LogP contribution < -0.4 is 16.0 Å². The van der Waals surface area contributed by atoms with Crippen molar-refractivity contribution in [2.45, 2.75) is 6.42 Å². The number of pyridine rings is 1. The van der Waals surface area contributed by atoms with Crippen LogP contribution in [-0.4, -0.2) is 16.5 Å².